The molecule has 0 aliphatic carbocycles. The Balaban J connectivity index is 2.61. The van der Waals surface area contributed by atoms with E-state index in [1.165, 1.54) is 0 Å². The molecule has 0 aromatic carbocycles. The number of rotatable bonds is 3. The maximum atomic E-state index is 12.0. The third-order valence-corrected chi connectivity index (χ3v) is 3.29. The Kier molecular flexibility index (Phi) is 4.77. The Labute approximate surface area is 110 Å². The molecule has 0 saturated carbocycles. The molecule has 1 aliphatic rings. The summed E-state index contributed by atoms with van der Waals surface area (Å²) >= 11 is 0. The fourth-order valence-electron chi connectivity index (χ4n) is 2.38. The summed E-state index contributed by atoms with van der Waals surface area (Å²) < 4.78 is 5.36. The molecule has 0 aromatic heterocycles. The predicted octanol–water partition coefficient (Wildman–Crippen LogP) is 3.00. The van der Waals surface area contributed by atoms with Crippen LogP contribution >= 0.6 is 0 Å². The fourth-order valence-corrected chi connectivity index (χ4v) is 2.38. The number of nitrogens with zero attached hydrogens (tertiary/aromatic N) is 1. The summed E-state index contributed by atoms with van der Waals surface area (Å²) in [5.41, 5.74) is -0.484. The maximum Gasteiger partial charge on any atom is 0.410 e. The van der Waals surface area contributed by atoms with Crippen molar-refractivity contribution in [2.75, 3.05) is 6.54 Å². The van der Waals surface area contributed by atoms with Gasteiger partial charge in [0.1, 0.15) is 11.4 Å². The molecule has 0 aromatic rings. The molecule has 0 radical (unpaired) electrons. The first-order valence-corrected chi connectivity index (χ1v) is 6.78. The smallest absolute Gasteiger partial charge is 0.410 e. The largest absolute Gasteiger partial charge is 0.444 e. The van der Waals surface area contributed by atoms with E-state index < -0.39 is 5.60 Å². The van der Waals surface area contributed by atoms with Gasteiger partial charge in [0.2, 0.25) is 0 Å². The normalized spacial score (nSPS) is 24.2. The van der Waals surface area contributed by atoms with Gasteiger partial charge < -0.3 is 9.64 Å². The molecule has 0 spiro atoms. The van der Waals surface area contributed by atoms with Crippen LogP contribution in [0.1, 0.15) is 53.9 Å². The molecule has 1 saturated heterocycles. The highest BCUT2D eigenvalue weighted by Crippen LogP contribution is 2.27. The van der Waals surface area contributed by atoms with Gasteiger partial charge in [-0.15, -0.1) is 0 Å². The third kappa shape index (κ3) is 3.72. The number of carbonyl (C=O) groups excluding carboxylic acids is 2. The Morgan fingerprint density at radius 2 is 1.94 bits per heavy atom. The number of ether oxygens (including phenoxy) is 1. The van der Waals surface area contributed by atoms with Gasteiger partial charge in [-0.05, 0) is 40.5 Å². The predicted molar refractivity (Wildman–Crippen MR) is 70.4 cm³/mol. The monoisotopic (exact) mass is 255 g/mol. The van der Waals surface area contributed by atoms with Gasteiger partial charge in [0.25, 0.3) is 0 Å². The van der Waals surface area contributed by atoms with Crippen LogP contribution in [0.4, 0.5) is 4.79 Å². The van der Waals surface area contributed by atoms with Gasteiger partial charge in [-0.3, -0.25) is 4.79 Å². The minimum atomic E-state index is -0.484. The molecule has 4 nitrogen and oxygen atoms in total. The van der Waals surface area contributed by atoms with Crippen LogP contribution in [0.25, 0.3) is 0 Å². The van der Waals surface area contributed by atoms with Crippen molar-refractivity contribution in [3.05, 3.63) is 0 Å². The van der Waals surface area contributed by atoms with Crippen molar-refractivity contribution >= 4 is 11.9 Å². The van der Waals surface area contributed by atoms with Gasteiger partial charge >= 0.3 is 6.09 Å². The van der Waals surface area contributed by atoms with E-state index in [-0.39, 0.29) is 23.8 Å². The van der Waals surface area contributed by atoms with Crippen molar-refractivity contribution < 1.29 is 14.3 Å². The number of ketones is 1. The van der Waals surface area contributed by atoms with Crippen LogP contribution in [0.15, 0.2) is 0 Å². The third-order valence-electron chi connectivity index (χ3n) is 3.29. The molecule has 0 bridgehead atoms. The number of likely N-dealkylation sites (tertiary alicyclic amines) is 1. The first-order valence-electron chi connectivity index (χ1n) is 6.78. The van der Waals surface area contributed by atoms with Gasteiger partial charge in [-0.1, -0.05) is 6.92 Å². The van der Waals surface area contributed by atoms with Crippen molar-refractivity contribution in [3.63, 3.8) is 0 Å². The van der Waals surface area contributed by atoms with Crippen molar-refractivity contribution in [1.29, 1.82) is 0 Å². The quantitative estimate of drug-likeness (QED) is 0.778. The molecule has 2 unspecified atom stereocenters. The molecule has 1 fully saturated rings. The lowest BCUT2D eigenvalue weighted by atomic mass is 9.94. The second-order valence-electron chi connectivity index (χ2n) is 6.03. The van der Waals surface area contributed by atoms with Crippen molar-refractivity contribution in [2.24, 2.45) is 5.92 Å². The molecule has 1 aliphatic heterocycles. The Morgan fingerprint density at radius 1 is 1.33 bits per heavy atom. The SMILES string of the molecule is CCCC(=O)C1CCN(C(=O)OC(C)(C)C)C1C. The summed E-state index contributed by atoms with van der Waals surface area (Å²) in [4.78, 5) is 25.6. The van der Waals surface area contributed by atoms with Crippen LogP contribution in [0.2, 0.25) is 0 Å². The van der Waals surface area contributed by atoms with Crippen LogP contribution in [-0.4, -0.2) is 35.0 Å². The zero-order valence-corrected chi connectivity index (χ0v) is 12.2. The van der Waals surface area contributed by atoms with Crippen molar-refractivity contribution in [1.82, 2.24) is 4.90 Å². The molecule has 1 heterocycles. The average molecular weight is 255 g/mol. The summed E-state index contributed by atoms with van der Waals surface area (Å²) in [5, 5.41) is 0. The highest BCUT2D eigenvalue weighted by molar-refractivity contribution is 5.83. The summed E-state index contributed by atoms with van der Waals surface area (Å²) in [6.07, 6.45) is 1.94. The van der Waals surface area contributed by atoms with Crippen LogP contribution < -0.4 is 0 Å². The molecule has 1 rings (SSSR count). The summed E-state index contributed by atoms with van der Waals surface area (Å²) in [7, 11) is 0. The highest BCUT2D eigenvalue weighted by Gasteiger charge is 2.39. The number of carbonyl (C=O) groups is 2. The van der Waals surface area contributed by atoms with E-state index in [4.69, 9.17) is 4.74 Å². The van der Waals surface area contributed by atoms with Crippen LogP contribution in [0.3, 0.4) is 0 Å². The zero-order chi connectivity index (χ0) is 13.9. The second kappa shape index (κ2) is 5.72. The van der Waals surface area contributed by atoms with Gasteiger partial charge in [0.15, 0.2) is 0 Å². The zero-order valence-electron chi connectivity index (χ0n) is 12.2. The minimum Gasteiger partial charge on any atom is -0.444 e. The van der Waals surface area contributed by atoms with Gasteiger partial charge in [0.05, 0.1) is 0 Å². The van der Waals surface area contributed by atoms with Crippen LogP contribution in [0, 0.1) is 5.92 Å². The summed E-state index contributed by atoms with van der Waals surface area (Å²) in [6, 6.07) is -0.0427. The second-order valence-corrected chi connectivity index (χ2v) is 6.03. The summed E-state index contributed by atoms with van der Waals surface area (Å²) in [6.45, 7) is 10.1. The molecule has 18 heavy (non-hydrogen) atoms. The van der Waals surface area contributed by atoms with Crippen molar-refractivity contribution in [2.45, 2.75) is 65.5 Å². The van der Waals surface area contributed by atoms with E-state index in [2.05, 4.69) is 0 Å². The van der Waals surface area contributed by atoms with E-state index in [9.17, 15) is 9.59 Å². The lowest BCUT2D eigenvalue weighted by molar-refractivity contribution is -0.123. The first-order chi connectivity index (χ1) is 8.26. The molecular formula is C14H25NO3. The molecule has 104 valence electrons. The van der Waals surface area contributed by atoms with Gasteiger partial charge in [-0.2, -0.15) is 0 Å². The number of hydrogen-bond donors (Lipinski definition) is 0. The number of hydrogen-bond acceptors (Lipinski definition) is 3. The number of amides is 1. The number of Topliss-reactive ketones (excluding diaryl/α,β-unsaturated/α-hetero) is 1. The molecular weight excluding hydrogens is 230 g/mol. The Hall–Kier alpha value is -1.06. The minimum absolute atomic E-state index is 0.0162. The fraction of sp³-hybridized carbons (Fsp3) is 0.857. The van der Waals surface area contributed by atoms with E-state index in [0.717, 1.165) is 12.8 Å². The molecule has 4 heteroatoms. The molecule has 1 amide bonds. The maximum absolute atomic E-state index is 12.0. The van der Waals surface area contributed by atoms with E-state index in [1.54, 1.807) is 4.90 Å². The van der Waals surface area contributed by atoms with Crippen LogP contribution in [-0.2, 0) is 9.53 Å². The van der Waals surface area contributed by atoms with Gasteiger partial charge in [-0.25, -0.2) is 4.79 Å². The molecule has 0 N–H and O–H groups in total. The Bertz CT molecular complexity index is 319. The van der Waals surface area contributed by atoms with E-state index in [1.807, 2.05) is 34.6 Å². The van der Waals surface area contributed by atoms with E-state index >= 15 is 0 Å². The standard InChI is InChI=1S/C14H25NO3/c1-6-7-12(16)11-8-9-15(10(11)2)13(17)18-14(3,4)5/h10-11H,6-9H2,1-5H3. The lowest BCUT2D eigenvalue weighted by Gasteiger charge is -2.28. The van der Waals surface area contributed by atoms with Gasteiger partial charge in [0, 0.05) is 24.9 Å². The summed E-state index contributed by atoms with van der Waals surface area (Å²) in [5.74, 6) is 0.258. The Morgan fingerprint density at radius 3 is 2.44 bits per heavy atom. The lowest BCUT2D eigenvalue weighted by Crippen LogP contribution is -2.41. The first kappa shape index (κ1) is 15.0. The highest BCUT2D eigenvalue weighted by atomic mass is 16.6. The van der Waals surface area contributed by atoms with Crippen molar-refractivity contribution in [3.8, 4) is 0 Å². The molecule has 2 atom stereocenters. The van der Waals surface area contributed by atoms with E-state index in [0.29, 0.717) is 13.0 Å². The average Bonchev–Trinajstić information content (AvgIpc) is 2.57. The van der Waals surface area contributed by atoms with Crippen LogP contribution in [0.5, 0.6) is 0 Å². The topological polar surface area (TPSA) is 46.6 Å².